The fourth-order valence-corrected chi connectivity index (χ4v) is 3.24. The lowest BCUT2D eigenvalue weighted by atomic mass is 10.1. The van der Waals surface area contributed by atoms with Gasteiger partial charge in [-0.2, -0.15) is 0 Å². The van der Waals surface area contributed by atoms with E-state index in [1.807, 2.05) is 0 Å². The fraction of sp³-hybridized carbons (Fsp3) is 0.200. The molecule has 0 spiro atoms. The van der Waals surface area contributed by atoms with E-state index in [1.54, 1.807) is 25.3 Å². The van der Waals surface area contributed by atoms with Gasteiger partial charge in [0.15, 0.2) is 0 Å². The van der Waals surface area contributed by atoms with Crippen LogP contribution in [0.25, 0.3) is 5.70 Å². The molecule has 96 valence electrons. The number of alkyl halides is 1. The largest absolute Gasteiger partial charge is 0.496 e. The van der Waals surface area contributed by atoms with Crippen molar-refractivity contribution in [3.63, 3.8) is 0 Å². The van der Waals surface area contributed by atoms with Crippen LogP contribution in [-0.4, -0.2) is 11.4 Å². The van der Waals surface area contributed by atoms with E-state index in [9.17, 15) is 0 Å². The van der Waals surface area contributed by atoms with Crippen LogP contribution >= 0.6 is 39.3 Å². The maximum atomic E-state index is 6.01. The Balaban J connectivity index is 2.52. The molecule has 5 nitrogen and oxygen atoms in total. The van der Waals surface area contributed by atoms with Crippen molar-refractivity contribution in [3.8, 4) is 5.75 Å². The van der Waals surface area contributed by atoms with Gasteiger partial charge in [0.1, 0.15) is 15.1 Å². The number of methoxy groups -OCH3 is 1. The average molecular weight is 350 g/mol. The van der Waals surface area contributed by atoms with Gasteiger partial charge in [0, 0.05) is 10.6 Å². The zero-order valence-electron chi connectivity index (χ0n) is 9.35. The molecule has 1 aromatic carbocycles. The first-order valence-electron chi connectivity index (χ1n) is 4.92. The normalized spacial score (nSPS) is 19.4. The number of nitrogens with zero attached hydrogens (tertiary/aromatic N) is 2. The Kier molecular flexibility index (Phi) is 4.36. The third kappa shape index (κ3) is 2.73. The first kappa shape index (κ1) is 13.5. The van der Waals surface area contributed by atoms with Crippen LogP contribution in [0.5, 0.6) is 5.75 Å². The third-order valence-electron chi connectivity index (χ3n) is 2.27. The summed E-state index contributed by atoms with van der Waals surface area (Å²) >= 11 is 10.9. The quantitative estimate of drug-likeness (QED) is 0.289. The van der Waals surface area contributed by atoms with Crippen molar-refractivity contribution in [3.05, 3.63) is 33.8 Å². The second-order valence-electron chi connectivity index (χ2n) is 3.32. The highest BCUT2D eigenvalue weighted by atomic mass is 79.9. The molecule has 0 aliphatic carbocycles. The van der Waals surface area contributed by atoms with E-state index in [-0.39, 0.29) is 4.28 Å². The number of rotatable bonds is 3. The summed E-state index contributed by atoms with van der Waals surface area (Å²) in [4.78, 5) is 0. The highest BCUT2D eigenvalue weighted by Crippen LogP contribution is 2.41. The Bertz CT molecular complexity index is 523. The van der Waals surface area contributed by atoms with E-state index in [0.717, 1.165) is 11.3 Å². The minimum atomic E-state index is 0.0108. The zero-order valence-corrected chi connectivity index (χ0v) is 12.5. The number of halogens is 2. The standard InChI is InChI=1S/C10H10BrClN4OS/c1-17-7-3-2-5(12)4-6(7)8-9(15-16-13)18-10(11)14-8/h2-4,10,14H,1H3,(H2,13,15). The molecule has 3 N–H and O–H groups in total. The number of nitrogens with one attached hydrogen (secondary N) is 1. The van der Waals surface area contributed by atoms with Crippen LogP contribution in [0, 0.1) is 0 Å². The van der Waals surface area contributed by atoms with Crippen LogP contribution in [0.4, 0.5) is 0 Å². The summed E-state index contributed by atoms with van der Waals surface area (Å²) in [5.41, 5.74) is 1.61. The maximum absolute atomic E-state index is 6.01. The SMILES string of the molecule is COc1ccc(Cl)cc1C1=C(N=NN)SC(Br)N1. The predicted molar refractivity (Wildman–Crippen MR) is 77.4 cm³/mol. The van der Waals surface area contributed by atoms with E-state index in [2.05, 4.69) is 31.6 Å². The minimum Gasteiger partial charge on any atom is -0.496 e. The molecule has 0 radical (unpaired) electrons. The molecule has 8 heteroatoms. The average Bonchev–Trinajstić information content (AvgIpc) is 2.71. The van der Waals surface area contributed by atoms with Gasteiger partial charge in [-0.25, -0.2) is 0 Å². The molecule has 1 unspecified atom stereocenters. The second-order valence-corrected chi connectivity index (χ2v) is 6.37. The maximum Gasteiger partial charge on any atom is 0.147 e. The Morgan fingerprint density at radius 3 is 3.00 bits per heavy atom. The van der Waals surface area contributed by atoms with Gasteiger partial charge in [0.2, 0.25) is 0 Å². The van der Waals surface area contributed by atoms with Crippen molar-refractivity contribution in [2.24, 2.45) is 16.2 Å². The Morgan fingerprint density at radius 1 is 1.56 bits per heavy atom. The summed E-state index contributed by atoms with van der Waals surface area (Å²) < 4.78 is 5.32. The van der Waals surface area contributed by atoms with E-state index in [0.29, 0.717) is 15.8 Å². The summed E-state index contributed by atoms with van der Waals surface area (Å²) in [5.74, 6) is 5.81. The Labute approximate surface area is 122 Å². The molecular formula is C10H10BrClN4OS. The highest BCUT2D eigenvalue weighted by molar-refractivity contribution is 9.11. The van der Waals surface area contributed by atoms with Gasteiger partial charge in [-0.1, -0.05) is 44.5 Å². The molecule has 0 fully saturated rings. The van der Waals surface area contributed by atoms with Crippen LogP contribution in [0.1, 0.15) is 5.56 Å². The van der Waals surface area contributed by atoms with Crippen molar-refractivity contribution in [2.45, 2.75) is 4.28 Å². The van der Waals surface area contributed by atoms with Gasteiger partial charge < -0.3 is 15.9 Å². The van der Waals surface area contributed by atoms with Gasteiger partial charge in [-0.05, 0) is 18.2 Å². The summed E-state index contributed by atoms with van der Waals surface area (Å²) in [6.45, 7) is 0. The van der Waals surface area contributed by atoms with Crippen molar-refractivity contribution >= 4 is 45.0 Å². The molecule has 1 heterocycles. The number of hydrogen-bond acceptors (Lipinski definition) is 5. The summed E-state index contributed by atoms with van der Waals surface area (Å²) in [7, 11) is 1.60. The molecule has 1 aromatic rings. The van der Waals surface area contributed by atoms with Gasteiger partial charge in [-0.15, -0.1) is 5.11 Å². The molecule has 0 saturated heterocycles. The molecule has 1 atom stereocenters. The number of thioether (sulfide) groups is 1. The van der Waals surface area contributed by atoms with Crippen LogP contribution in [0.15, 0.2) is 33.6 Å². The molecule has 0 aromatic heterocycles. The molecule has 0 amide bonds. The molecule has 1 aliphatic heterocycles. The Hall–Kier alpha value is -0.920. The number of benzene rings is 1. The zero-order chi connectivity index (χ0) is 13.1. The first-order chi connectivity index (χ1) is 8.65. The molecule has 0 bridgehead atoms. The lowest BCUT2D eigenvalue weighted by Crippen LogP contribution is -2.13. The first-order valence-corrected chi connectivity index (χ1v) is 7.09. The topological polar surface area (TPSA) is 72.0 Å². The van der Waals surface area contributed by atoms with Crippen molar-refractivity contribution in [1.29, 1.82) is 0 Å². The van der Waals surface area contributed by atoms with E-state index < -0.39 is 0 Å². The van der Waals surface area contributed by atoms with Crippen LogP contribution in [-0.2, 0) is 0 Å². The summed E-state index contributed by atoms with van der Waals surface area (Å²) in [6, 6.07) is 5.37. The predicted octanol–water partition coefficient (Wildman–Crippen LogP) is 3.32. The lowest BCUT2D eigenvalue weighted by Gasteiger charge is -2.11. The third-order valence-corrected chi connectivity index (χ3v) is 4.12. The second kappa shape index (κ2) is 5.81. The summed E-state index contributed by atoms with van der Waals surface area (Å²) in [5, 5.41) is 11.7. The summed E-state index contributed by atoms with van der Waals surface area (Å²) in [6.07, 6.45) is 0. The fourth-order valence-electron chi connectivity index (χ4n) is 1.56. The molecule has 2 rings (SSSR count). The van der Waals surface area contributed by atoms with Crippen LogP contribution in [0.2, 0.25) is 5.02 Å². The monoisotopic (exact) mass is 348 g/mol. The van der Waals surface area contributed by atoms with Gasteiger partial charge in [0.05, 0.1) is 12.8 Å². The molecule has 18 heavy (non-hydrogen) atoms. The van der Waals surface area contributed by atoms with Crippen LogP contribution in [0.3, 0.4) is 0 Å². The van der Waals surface area contributed by atoms with Gasteiger partial charge in [-0.3, -0.25) is 0 Å². The smallest absolute Gasteiger partial charge is 0.147 e. The number of nitrogens with two attached hydrogens (primary N) is 1. The van der Waals surface area contributed by atoms with Crippen molar-refractivity contribution in [2.75, 3.05) is 7.11 Å². The number of ether oxygens (including phenoxy) is 1. The minimum absolute atomic E-state index is 0.0108. The number of hydrogen-bond donors (Lipinski definition) is 2. The molecule has 0 saturated carbocycles. The van der Waals surface area contributed by atoms with E-state index in [1.165, 1.54) is 11.8 Å². The molecular weight excluding hydrogens is 340 g/mol. The molecule has 1 aliphatic rings. The lowest BCUT2D eigenvalue weighted by molar-refractivity contribution is 0.413. The van der Waals surface area contributed by atoms with E-state index in [4.69, 9.17) is 22.2 Å². The van der Waals surface area contributed by atoms with Gasteiger partial charge >= 0.3 is 0 Å². The van der Waals surface area contributed by atoms with Gasteiger partial charge in [0.25, 0.3) is 0 Å². The van der Waals surface area contributed by atoms with Crippen LogP contribution < -0.4 is 15.9 Å². The highest BCUT2D eigenvalue weighted by Gasteiger charge is 2.25. The van der Waals surface area contributed by atoms with Crippen molar-refractivity contribution < 1.29 is 4.74 Å². The Morgan fingerprint density at radius 2 is 2.33 bits per heavy atom. The van der Waals surface area contributed by atoms with Crippen molar-refractivity contribution in [1.82, 2.24) is 5.32 Å². The van der Waals surface area contributed by atoms with E-state index >= 15 is 0 Å².